The minimum Gasteiger partial charge on any atom is -0.368 e. The van der Waals surface area contributed by atoms with E-state index in [0.717, 1.165) is 30.3 Å². The Morgan fingerprint density at radius 3 is 2.61 bits per heavy atom. The predicted molar refractivity (Wildman–Crippen MR) is 72.4 cm³/mol. The van der Waals surface area contributed by atoms with Gasteiger partial charge in [0, 0.05) is 18.3 Å². The standard InChI is InChI=1S/C13H22N4O/c1-5-11-6-13(16-10(4)15-11)17(7-9(2)3)8-12(14)18/h6,9H,5,7-8H2,1-4H3,(H2,14,18). The first-order valence-corrected chi connectivity index (χ1v) is 6.30. The molecule has 0 saturated carbocycles. The van der Waals surface area contributed by atoms with Crippen LogP contribution in [0.5, 0.6) is 0 Å². The summed E-state index contributed by atoms with van der Waals surface area (Å²) in [5.74, 6) is 1.60. The van der Waals surface area contributed by atoms with Crippen molar-refractivity contribution in [2.75, 3.05) is 18.0 Å². The topological polar surface area (TPSA) is 72.1 Å². The van der Waals surface area contributed by atoms with Gasteiger partial charge in [-0.1, -0.05) is 20.8 Å². The first-order valence-electron chi connectivity index (χ1n) is 6.30. The van der Waals surface area contributed by atoms with Gasteiger partial charge in [-0.15, -0.1) is 0 Å². The lowest BCUT2D eigenvalue weighted by atomic mass is 10.2. The zero-order valence-electron chi connectivity index (χ0n) is 11.6. The van der Waals surface area contributed by atoms with Crippen LogP contribution in [0.3, 0.4) is 0 Å². The summed E-state index contributed by atoms with van der Waals surface area (Å²) in [4.78, 5) is 21.8. The van der Waals surface area contributed by atoms with Crippen LogP contribution in [0.1, 0.15) is 32.3 Å². The third-order valence-corrected chi connectivity index (χ3v) is 2.50. The quantitative estimate of drug-likeness (QED) is 0.826. The van der Waals surface area contributed by atoms with Crippen molar-refractivity contribution in [2.45, 2.75) is 34.1 Å². The van der Waals surface area contributed by atoms with Crippen LogP contribution in [-0.2, 0) is 11.2 Å². The molecule has 1 heterocycles. The minimum absolute atomic E-state index is 0.192. The summed E-state index contributed by atoms with van der Waals surface area (Å²) in [6, 6.07) is 1.93. The normalized spacial score (nSPS) is 10.7. The van der Waals surface area contributed by atoms with Crippen LogP contribution in [-0.4, -0.2) is 29.0 Å². The summed E-state index contributed by atoms with van der Waals surface area (Å²) in [6.45, 7) is 9.05. The number of nitrogens with zero attached hydrogens (tertiary/aromatic N) is 3. The fourth-order valence-electron chi connectivity index (χ4n) is 1.82. The van der Waals surface area contributed by atoms with Crippen molar-refractivity contribution in [1.82, 2.24) is 9.97 Å². The summed E-state index contributed by atoms with van der Waals surface area (Å²) >= 11 is 0. The summed E-state index contributed by atoms with van der Waals surface area (Å²) in [5, 5.41) is 0. The molecule has 0 aliphatic rings. The number of hydrogen-bond donors (Lipinski definition) is 1. The average Bonchev–Trinajstić information content (AvgIpc) is 2.26. The maximum Gasteiger partial charge on any atom is 0.236 e. The maximum absolute atomic E-state index is 11.1. The molecule has 0 aliphatic carbocycles. The van der Waals surface area contributed by atoms with Crippen molar-refractivity contribution in [2.24, 2.45) is 11.7 Å². The van der Waals surface area contributed by atoms with E-state index in [0.29, 0.717) is 5.92 Å². The fraction of sp³-hybridized carbons (Fsp3) is 0.615. The third-order valence-electron chi connectivity index (χ3n) is 2.50. The lowest BCUT2D eigenvalue weighted by molar-refractivity contribution is -0.116. The molecule has 0 unspecified atom stereocenters. The number of carbonyl (C=O) groups is 1. The Morgan fingerprint density at radius 2 is 2.11 bits per heavy atom. The van der Waals surface area contributed by atoms with Gasteiger partial charge < -0.3 is 10.6 Å². The van der Waals surface area contributed by atoms with Gasteiger partial charge in [-0.2, -0.15) is 0 Å². The Labute approximate surface area is 108 Å². The smallest absolute Gasteiger partial charge is 0.236 e. The lowest BCUT2D eigenvalue weighted by Gasteiger charge is -2.24. The summed E-state index contributed by atoms with van der Waals surface area (Å²) in [7, 11) is 0. The first kappa shape index (κ1) is 14.4. The molecule has 2 N–H and O–H groups in total. The Hall–Kier alpha value is -1.65. The van der Waals surface area contributed by atoms with Crippen LogP contribution >= 0.6 is 0 Å². The highest BCUT2D eigenvalue weighted by Crippen LogP contribution is 2.14. The fourth-order valence-corrected chi connectivity index (χ4v) is 1.82. The molecule has 0 aliphatic heterocycles. The molecule has 5 nitrogen and oxygen atoms in total. The van der Waals surface area contributed by atoms with E-state index in [1.807, 2.05) is 24.8 Å². The van der Waals surface area contributed by atoms with Crippen LogP contribution in [0.2, 0.25) is 0 Å². The first-order chi connectivity index (χ1) is 8.42. The van der Waals surface area contributed by atoms with E-state index in [9.17, 15) is 4.79 Å². The van der Waals surface area contributed by atoms with Gasteiger partial charge in [-0.25, -0.2) is 9.97 Å². The highest BCUT2D eigenvalue weighted by atomic mass is 16.1. The Balaban J connectivity index is 3.02. The number of hydrogen-bond acceptors (Lipinski definition) is 4. The SMILES string of the molecule is CCc1cc(N(CC(N)=O)CC(C)C)nc(C)n1. The molecule has 0 radical (unpaired) electrons. The van der Waals surface area contributed by atoms with Gasteiger partial charge in [-0.05, 0) is 19.3 Å². The number of rotatable bonds is 6. The molecule has 100 valence electrons. The molecule has 0 fully saturated rings. The number of carbonyl (C=O) groups excluding carboxylic acids is 1. The average molecular weight is 250 g/mol. The van der Waals surface area contributed by atoms with E-state index in [2.05, 4.69) is 23.8 Å². The lowest BCUT2D eigenvalue weighted by Crippen LogP contribution is -2.37. The molecule has 18 heavy (non-hydrogen) atoms. The van der Waals surface area contributed by atoms with Crippen LogP contribution in [0.4, 0.5) is 5.82 Å². The summed E-state index contributed by atoms with van der Waals surface area (Å²) in [5.41, 5.74) is 6.27. The third kappa shape index (κ3) is 4.31. The second-order valence-corrected chi connectivity index (χ2v) is 4.86. The highest BCUT2D eigenvalue weighted by molar-refractivity contribution is 5.79. The molecule has 0 atom stereocenters. The number of nitrogens with two attached hydrogens (primary N) is 1. The molecule has 1 rings (SSSR count). The number of aromatic nitrogens is 2. The number of anilines is 1. The molecule has 0 aromatic carbocycles. The highest BCUT2D eigenvalue weighted by Gasteiger charge is 2.14. The van der Waals surface area contributed by atoms with E-state index in [-0.39, 0.29) is 12.5 Å². The zero-order chi connectivity index (χ0) is 13.7. The largest absolute Gasteiger partial charge is 0.368 e. The molecular formula is C13H22N4O. The van der Waals surface area contributed by atoms with Crippen molar-refractivity contribution in [3.63, 3.8) is 0 Å². The molecular weight excluding hydrogens is 228 g/mol. The van der Waals surface area contributed by atoms with Gasteiger partial charge in [-0.3, -0.25) is 4.79 Å². The van der Waals surface area contributed by atoms with E-state index >= 15 is 0 Å². The van der Waals surface area contributed by atoms with Gasteiger partial charge in [0.2, 0.25) is 5.91 Å². The van der Waals surface area contributed by atoms with Crippen LogP contribution in [0.25, 0.3) is 0 Å². The number of amides is 1. The zero-order valence-corrected chi connectivity index (χ0v) is 11.6. The van der Waals surface area contributed by atoms with E-state index in [1.165, 1.54) is 0 Å². The number of aryl methyl sites for hydroxylation is 2. The van der Waals surface area contributed by atoms with Crippen molar-refractivity contribution in [3.8, 4) is 0 Å². The van der Waals surface area contributed by atoms with Crippen LogP contribution < -0.4 is 10.6 Å². The molecule has 5 heteroatoms. The molecule has 0 saturated heterocycles. The minimum atomic E-state index is -0.343. The number of primary amides is 1. The van der Waals surface area contributed by atoms with Gasteiger partial charge in [0.05, 0.1) is 6.54 Å². The molecule has 1 aromatic rings. The summed E-state index contributed by atoms with van der Waals surface area (Å²) < 4.78 is 0. The van der Waals surface area contributed by atoms with Crippen molar-refractivity contribution < 1.29 is 4.79 Å². The molecule has 1 aromatic heterocycles. The van der Waals surface area contributed by atoms with Crippen LogP contribution in [0, 0.1) is 12.8 Å². The molecule has 0 bridgehead atoms. The van der Waals surface area contributed by atoms with Gasteiger partial charge in [0.15, 0.2) is 0 Å². The Bertz CT molecular complexity index is 417. The summed E-state index contributed by atoms with van der Waals surface area (Å²) in [6.07, 6.45) is 0.850. The second-order valence-electron chi connectivity index (χ2n) is 4.86. The van der Waals surface area contributed by atoms with Gasteiger partial charge in [0.25, 0.3) is 0 Å². The van der Waals surface area contributed by atoms with Gasteiger partial charge >= 0.3 is 0 Å². The van der Waals surface area contributed by atoms with Crippen molar-refractivity contribution >= 4 is 11.7 Å². The van der Waals surface area contributed by atoms with Crippen molar-refractivity contribution in [1.29, 1.82) is 0 Å². The predicted octanol–water partition coefficient (Wildman–Crippen LogP) is 1.30. The van der Waals surface area contributed by atoms with Crippen molar-refractivity contribution in [3.05, 3.63) is 17.6 Å². The maximum atomic E-state index is 11.1. The van der Waals surface area contributed by atoms with Crippen LogP contribution in [0.15, 0.2) is 6.07 Å². The van der Waals surface area contributed by atoms with E-state index in [1.54, 1.807) is 0 Å². The Morgan fingerprint density at radius 1 is 1.44 bits per heavy atom. The second kappa shape index (κ2) is 6.33. The van der Waals surface area contributed by atoms with E-state index in [4.69, 9.17) is 5.73 Å². The van der Waals surface area contributed by atoms with E-state index < -0.39 is 0 Å². The van der Waals surface area contributed by atoms with Gasteiger partial charge in [0.1, 0.15) is 11.6 Å². The molecule has 1 amide bonds. The monoisotopic (exact) mass is 250 g/mol. The molecule has 0 spiro atoms. The Kier molecular flexibility index (Phi) is 5.07.